The van der Waals surface area contributed by atoms with Crippen molar-refractivity contribution in [2.45, 2.75) is 6.92 Å². The third-order valence-electron chi connectivity index (χ3n) is 3.84. The number of anilines is 1. The van der Waals surface area contributed by atoms with Crippen molar-refractivity contribution in [2.24, 2.45) is 0 Å². The van der Waals surface area contributed by atoms with E-state index in [4.69, 9.17) is 0 Å². The maximum Gasteiger partial charge on any atom is 0.260 e. The number of para-hydroxylation sites is 1. The van der Waals surface area contributed by atoms with Crippen molar-refractivity contribution in [1.29, 1.82) is 0 Å². The summed E-state index contributed by atoms with van der Waals surface area (Å²) in [5.41, 5.74) is 3.09. The lowest BCUT2D eigenvalue weighted by Gasteiger charge is -2.05. The molecular weight excluding hydrogens is 400 g/mol. The average molecular weight is 413 g/mol. The minimum Gasteiger partial charge on any atom is -0.298 e. The molecule has 4 aromatic rings. The largest absolute Gasteiger partial charge is 0.298 e. The maximum absolute atomic E-state index is 12.6. The first-order valence-corrected chi connectivity index (χ1v) is 9.20. The highest BCUT2D eigenvalue weighted by molar-refractivity contribution is 9.10. The van der Waals surface area contributed by atoms with Crippen LogP contribution in [0.3, 0.4) is 0 Å². The molecule has 2 aromatic carbocycles. The Morgan fingerprint density at radius 1 is 1.16 bits per heavy atom. The van der Waals surface area contributed by atoms with Crippen LogP contribution < -0.4 is 5.32 Å². The molecule has 0 aliphatic carbocycles. The highest BCUT2D eigenvalue weighted by atomic mass is 79.9. The first-order chi connectivity index (χ1) is 12.1. The summed E-state index contributed by atoms with van der Waals surface area (Å²) in [5.74, 6) is -0.208. The number of fused-ring (bicyclic) bond motifs is 1. The number of nitrogens with one attached hydrogen (secondary N) is 1. The third kappa shape index (κ3) is 3.08. The van der Waals surface area contributed by atoms with E-state index < -0.39 is 0 Å². The zero-order valence-corrected chi connectivity index (χ0v) is 15.6. The normalized spacial score (nSPS) is 11.0. The van der Waals surface area contributed by atoms with Crippen LogP contribution >= 0.6 is 27.3 Å². The van der Waals surface area contributed by atoms with Crippen LogP contribution in [0.2, 0.25) is 0 Å². The van der Waals surface area contributed by atoms with Crippen LogP contribution in [0.4, 0.5) is 5.13 Å². The van der Waals surface area contributed by atoms with E-state index in [1.54, 1.807) is 10.9 Å². The van der Waals surface area contributed by atoms with Gasteiger partial charge in [0.25, 0.3) is 5.91 Å². The van der Waals surface area contributed by atoms with Crippen LogP contribution in [-0.4, -0.2) is 20.7 Å². The van der Waals surface area contributed by atoms with Crippen molar-refractivity contribution in [1.82, 2.24) is 14.8 Å². The monoisotopic (exact) mass is 412 g/mol. The Bertz CT molecular complexity index is 1040. The van der Waals surface area contributed by atoms with Crippen molar-refractivity contribution >= 4 is 48.5 Å². The third-order valence-corrected chi connectivity index (χ3v) is 5.32. The minimum absolute atomic E-state index is 0.208. The average Bonchev–Trinajstić information content (AvgIpc) is 3.18. The second-order valence-electron chi connectivity index (χ2n) is 5.47. The van der Waals surface area contributed by atoms with Crippen LogP contribution in [0.5, 0.6) is 0 Å². The molecule has 0 aliphatic heterocycles. The molecule has 25 heavy (non-hydrogen) atoms. The molecule has 0 saturated carbocycles. The van der Waals surface area contributed by atoms with Crippen molar-refractivity contribution in [2.75, 3.05) is 5.32 Å². The summed E-state index contributed by atoms with van der Waals surface area (Å²) in [6.07, 6.45) is 1.58. The van der Waals surface area contributed by atoms with Crippen molar-refractivity contribution in [3.8, 4) is 5.69 Å². The second-order valence-corrected chi connectivity index (χ2v) is 7.42. The topological polar surface area (TPSA) is 59.8 Å². The van der Waals surface area contributed by atoms with Gasteiger partial charge in [-0.1, -0.05) is 39.4 Å². The van der Waals surface area contributed by atoms with E-state index in [2.05, 4.69) is 31.3 Å². The molecule has 0 atom stereocenters. The quantitative estimate of drug-likeness (QED) is 0.525. The number of halogens is 1. The molecule has 0 unspecified atom stereocenters. The van der Waals surface area contributed by atoms with E-state index in [-0.39, 0.29) is 5.91 Å². The van der Waals surface area contributed by atoms with Gasteiger partial charge in [-0.25, -0.2) is 9.67 Å². The van der Waals surface area contributed by atoms with Crippen molar-refractivity contribution in [3.05, 3.63) is 70.5 Å². The fraction of sp³-hybridized carbons (Fsp3) is 0.0556. The molecule has 2 aromatic heterocycles. The fourth-order valence-corrected chi connectivity index (χ4v) is 3.69. The Labute approximate surface area is 156 Å². The summed E-state index contributed by atoms with van der Waals surface area (Å²) in [6, 6.07) is 15.6. The summed E-state index contributed by atoms with van der Waals surface area (Å²) in [6.45, 7) is 1.88. The molecule has 124 valence electrons. The number of amides is 1. The number of carbonyl (C=O) groups excluding carboxylic acids is 1. The zero-order chi connectivity index (χ0) is 17.4. The van der Waals surface area contributed by atoms with Crippen LogP contribution in [0, 0.1) is 6.92 Å². The molecule has 0 spiro atoms. The first kappa shape index (κ1) is 16.0. The lowest BCUT2D eigenvalue weighted by Crippen LogP contribution is -2.12. The number of nitrogens with zero attached hydrogens (tertiary/aromatic N) is 3. The number of rotatable bonds is 3. The number of carbonyl (C=O) groups is 1. The van der Waals surface area contributed by atoms with Gasteiger partial charge in [0.2, 0.25) is 0 Å². The molecule has 1 amide bonds. The lowest BCUT2D eigenvalue weighted by atomic mass is 10.2. The predicted octanol–water partition coefficient (Wildman–Crippen LogP) is 4.81. The van der Waals surface area contributed by atoms with Gasteiger partial charge in [-0.05, 0) is 43.3 Å². The second kappa shape index (κ2) is 6.42. The molecule has 2 heterocycles. The van der Waals surface area contributed by atoms with Crippen LogP contribution in [0.1, 0.15) is 16.1 Å². The molecular formula is C18H13BrN4OS. The van der Waals surface area contributed by atoms with Gasteiger partial charge >= 0.3 is 0 Å². The number of thiazole rings is 1. The Balaban J connectivity index is 1.61. The Morgan fingerprint density at radius 2 is 1.92 bits per heavy atom. The van der Waals surface area contributed by atoms with Gasteiger partial charge in [0.15, 0.2) is 5.13 Å². The molecule has 0 bridgehead atoms. The van der Waals surface area contributed by atoms with E-state index in [9.17, 15) is 4.79 Å². The molecule has 7 heteroatoms. The molecule has 5 nitrogen and oxygen atoms in total. The van der Waals surface area contributed by atoms with Crippen LogP contribution in [0.15, 0.2) is 59.2 Å². The molecule has 0 radical (unpaired) electrons. The smallest absolute Gasteiger partial charge is 0.260 e. The zero-order valence-electron chi connectivity index (χ0n) is 13.2. The highest BCUT2D eigenvalue weighted by Gasteiger charge is 2.16. The van der Waals surface area contributed by atoms with E-state index in [0.717, 1.165) is 26.1 Å². The molecule has 1 N–H and O–H groups in total. The van der Waals surface area contributed by atoms with Crippen LogP contribution in [0.25, 0.3) is 15.9 Å². The number of hydrogen-bond acceptors (Lipinski definition) is 4. The van der Waals surface area contributed by atoms with Gasteiger partial charge in [0.1, 0.15) is 0 Å². The van der Waals surface area contributed by atoms with E-state index in [1.165, 1.54) is 11.3 Å². The van der Waals surface area contributed by atoms with Gasteiger partial charge in [-0.2, -0.15) is 5.10 Å². The van der Waals surface area contributed by atoms with E-state index in [1.807, 2.05) is 55.5 Å². The Morgan fingerprint density at radius 3 is 2.68 bits per heavy atom. The van der Waals surface area contributed by atoms with Crippen molar-refractivity contribution < 1.29 is 4.79 Å². The fourth-order valence-electron chi connectivity index (χ4n) is 2.57. The van der Waals surface area contributed by atoms with Crippen LogP contribution in [-0.2, 0) is 0 Å². The van der Waals surface area contributed by atoms with Crippen molar-refractivity contribution in [3.63, 3.8) is 0 Å². The summed E-state index contributed by atoms with van der Waals surface area (Å²) >= 11 is 4.87. The number of aromatic nitrogens is 3. The first-order valence-electron chi connectivity index (χ1n) is 7.59. The Hall–Kier alpha value is -2.51. The van der Waals surface area contributed by atoms with Gasteiger partial charge < -0.3 is 0 Å². The lowest BCUT2D eigenvalue weighted by molar-refractivity contribution is 0.102. The van der Waals surface area contributed by atoms with Gasteiger partial charge in [-0.3, -0.25) is 10.1 Å². The van der Waals surface area contributed by atoms with E-state index in [0.29, 0.717) is 10.7 Å². The standard InChI is InChI=1S/C18H13BrN4OS/c1-11-14(10-20-23(11)13-8-6-12(19)7-9-13)17(24)22-18-21-15-4-2-3-5-16(15)25-18/h2-10H,1H3,(H,21,22,24). The van der Waals surface area contributed by atoms with E-state index >= 15 is 0 Å². The van der Waals surface area contributed by atoms with Gasteiger partial charge in [0, 0.05) is 4.47 Å². The SMILES string of the molecule is Cc1c(C(=O)Nc2nc3ccccc3s2)cnn1-c1ccc(Br)cc1. The summed E-state index contributed by atoms with van der Waals surface area (Å²) in [4.78, 5) is 17.0. The van der Waals surface area contributed by atoms with Gasteiger partial charge in [0.05, 0.1) is 33.4 Å². The van der Waals surface area contributed by atoms with Gasteiger partial charge in [-0.15, -0.1) is 0 Å². The molecule has 0 fully saturated rings. The minimum atomic E-state index is -0.208. The predicted molar refractivity (Wildman–Crippen MR) is 104 cm³/mol. The molecule has 4 rings (SSSR count). The summed E-state index contributed by atoms with van der Waals surface area (Å²) in [5, 5.41) is 7.80. The highest BCUT2D eigenvalue weighted by Crippen LogP contribution is 2.26. The Kier molecular flexibility index (Phi) is 4.10. The number of hydrogen-bond donors (Lipinski definition) is 1. The molecule has 0 aliphatic rings. The maximum atomic E-state index is 12.6. The summed E-state index contributed by atoms with van der Waals surface area (Å²) in [7, 11) is 0. The number of benzene rings is 2. The molecule has 0 saturated heterocycles. The summed E-state index contributed by atoms with van der Waals surface area (Å²) < 4.78 is 3.79.